The van der Waals surface area contributed by atoms with Crippen LogP contribution < -0.4 is 0 Å². The number of rotatable bonds is 0. The smallest absolute Gasteiger partial charge is 0.0241 e. The van der Waals surface area contributed by atoms with Crippen LogP contribution in [0.15, 0.2) is 0 Å². The van der Waals surface area contributed by atoms with E-state index in [1.54, 1.807) is 0 Å². The first-order valence-electron chi connectivity index (χ1n) is 4.48. The van der Waals surface area contributed by atoms with Crippen molar-refractivity contribution in [3.05, 3.63) is 0 Å². The molecule has 0 aromatic heterocycles. The summed E-state index contributed by atoms with van der Waals surface area (Å²) in [5.74, 6) is 2.04. The van der Waals surface area contributed by atoms with Gasteiger partial charge in [-0.15, -0.1) is 0 Å². The van der Waals surface area contributed by atoms with E-state index in [0.29, 0.717) is 5.41 Å². The average Bonchev–Trinajstić information content (AvgIpc) is 2.39. The topological polar surface area (TPSA) is 0 Å². The van der Waals surface area contributed by atoms with Crippen molar-refractivity contribution in [2.45, 2.75) is 40.5 Å². The third kappa shape index (κ3) is 0.500. The van der Waals surface area contributed by atoms with Gasteiger partial charge in [-0.05, 0) is 35.5 Å². The van der Waals surface area contributed by atoms with Gasteiger partial charge in [0.15, 0.2) is 0 Å². The van der Waals surface area contributed by atoms with E-state index < -0.39 is 0 Å². The van der Waals surface area contributed by atoms with Gasteiger partial charge in [0.05, 0.1) is 0 Å². The third-order valence-corrected chi connectivity index (χ3v) is 4.75. The standard InChI is InChI=1S/C10H18/c1-7-5-8-6-10(8,4)9(7,2)3/h7-8H,5-6H2,1-4H3. The lowest BCUT2D eigenvalue weighted by Gasteiger charge is -2.33. The van der Waals surface area contributed by atoms with Gasteiger partial charge in [0.25, 0.3) is 0 Å². The molecule has 0 N–H and O–H groups in total. The highest BCUT2D eigenvalue weighted by molar-refractivity contribution is 5.14. The quantitative estimate of drug-likeness (QED) is 0.482. The highest BCUT2D eigenvalue weighted by Gasteiger charge is 2.65. The number of fused-ring (bicyclic) bond motifs is 1. The molecule has 0 aromatic rings. The maximum Gasteiger partial charge on any atom is -0.0241 e. The molecule has 0 amide bonds. The zero-order chi connectivity index (χ0) is 7.57. The van der Waals surface area contributed by atoms with Crippen LogP contribution in [0.1, 0.15) is 40.5 Å². The fraction of sp³-hybridized carbons (Fsp3) is 1.00. The Hall–Kier alpha value is 0. The van der Waals surface area contributed by atoms with Crippen LogP contribution in [0.5, 0.6) is 0 Å². The number of hydrogen-bond acceptors (Lipinski definition) is 0. The Morgan fingerprint density at radius 3 is 2.00 bits per heavy atom. The van der Waals surface area contributed by atoms with Crippen LogP contribution >= 0.6 is 0 Å². The fourth-order valence-corrected chi connectivity index (χ4v) is 2.87. The van der Waals surface area contributed by atoms with Gasteiger partial charge < -0.3 is 0 Å². The van der Waals surface area contributed by atoms with Crippen molar-refractivity contribution >= 4 is 0 Å². The van der Waals surface area contributed by atoms with Crippen molar-refractivity contribution in [1.82, 2.24) is 0 Å². The molecular formula is C10H18. The van der Waals surface area contributed by atoms with E-state index in [2.05, 4.69) is 27.7 Å². The predicted octanol–water partition coefficient (Wildman–Crippen LogP) is 3.08. The molecule has 2 saturated carbocycles. The Labute approximate surface area is 64.0 Å². The van der Waals surface area contributed by atoms with E-state index >= 15 is 0 Å². The lowest BCUT2D eigenvalue weighted by atomic mass is 9.72. The lowest BCUT2D eigenvalue weighted by molar-refractivity contribution is 0.161. The van der Waals surface area contributed by atoms with Gasteiger partial charge in [-0.2, -0.15) is 0 Å². The first-order valence-corrected chi connectivity index (χ1v) is 4.48. The predicted molar refractivity (Wildman–Crippen MR) is 43.8 cm³/mol. The molecule has 3 atom stereocenters. The molecule has 0 aliphatic heterocycles. The summed E-state index contributed by atoms with van der Waals surface area (Å²) in [6.07, 6.45) is 2.99. The van der Waals surface area contributed by atoms with Crippen LogP contribution in [0.3, 0.4) is 0 Å². The number of hydrogen-bond donors (Lipinski definition) is 0. The molecule has 2 fully saturated rings. The van der Waals surface area contributed by atoms with Crippen molar-refractivity contribution in [2.24, 2.45) is 22.7 Å². The van der Waals surface area contributed by atoms with E-state index in [9.17, 15) is 0 Å². The van der Waals surface area contributed by atoms with Gasteiger partial charge in [0, 0.05) is 0 Å². The molecule has 0 aromatic carbocycles. The second-order valence-corrected chi connectivity index (χ2v) is 5.18. The second-order valence-electron chi connectivity index (χ2n) is 5.18. The molecule has 10 heavy (non-hydrogen) atoms. The van der Waals surface area contributed by atoms with Gasteiger partial charge in [0.1, 0.15) is 0 Å². The molecule has 0 bridgehead atoms. The summed E-state index contributed by atoms with van der Waals surface area (Å²) in [5.41, 5.74) is 1.35. The van der Waals surface area contributed by atoms with Crippen molar-refractivity contribution in [2.75, 3.05) is 0 Å². The minimum absolute atomic E-state index is 0.623. The Bertz CT molecular complexity index is 169. The van der Waals surface area contributed by atoms with Gasteiger partial charge >= 0.3 is 0 Å². The third-order valence-electron chi connectivity index (χ3n) is 4.75. The SMILES string of the molecule is CC1CC2CC2(C)C1(C)C. The summed E-state index contributed by atoms with van der Waals surface area (Å²) in [5, 5.41) is 0. The zero-order valence-electron chi connectivity index (χ0n) is 7.57. The van der Waals surface area contributed by atoms with Gasteiger partial charge in [0.2, 0.25) is 0 Å². The molecule has 58 valence electrons. The first kappa shape index (κ1) is 6.69. The van der Waals surface area contributed by atoms with Crippen molar-refractivity contribution in [3.8, 4) is 0 Å². The van der Waals surface area contributed by atoms with E-state index in [1.165, 1.54) is 12.8 Å². The van der Waals surface area contributed by atoms with Crippen LogP contribution in [-0.2, 0) is 0 Å². The van der Waals surface area contributed by atoms with Crippen LogP contribution in [0.25, 0.3) is 0 Å². The molecule has 2 rings (SSSR count). The summed E-state index contributed by atoms with van der Waals surface area (Å²) in [4.78, 5) is 0. The minimum Gasteiger partial charge on any atom is -0.0620 e. The molecule has 0 radical (unpaired) electrons. The molecule has 0 heteroatoms. The molecule has 2 aliphatic rings. The van der Waals surface area contributed by atoms with Gasteiger partial charge in [-0.25, -0.2) is 0 Å². The van der Waals surface area contributed by atoms with Crippen LogP contribution in [0.2, 0.25) is 0 Å². The van der Waals surface area contributed by atoms with E-state index in [4.69, 9.17) is 0 Å². The van der Waals surface area contributed by atoms with Crippen molar-refractivity contribution in [3.63, 3.8) is 0 Å². The van der Waals surface area contributed by atoms with Crippen LogP contribution in [0, 0.1) is 22.7 Å². The summed E-state index contributed by atoms with van der Waals surface area (Å²) in [7, 11) is 0. The molecule has 3 unspecified atom stereocenters. The zero-order valence-corrected chi connectivity index (χ0v) is 7.57. The monoisotopic (exact) mass is 138 g/mol. The fourth-order valence-electron chi connectivity index (χ4n) is 2.87. The maximum atomic E-state index is 2.47. The first-order chi connectivity index (χ1) is 4.48. The highest BCUT2D eigenvalue weighted by Crippen LogP contribution is 2.73. The van der Waals surface area contributed by atoms with E-state index in [-0.39, 0.29) is 0 Å². The maximum absolute atomic E-state index is 2.47. The summed E-state index contributed by atoms with van der Waals surface area (Å²) < 4.78 is 0. The van der Waals surface area contributed by atoms with Crippen LogP contribution in [0.4, 0.5) is 0 Å². The Morgan fingerprint density at radius 2 is 1.80 bits per heavy atom. The highest BCUT2D eigenvalue weighted by atomic mass is 14.7. The largest absolute Gasteiger partial charge is 0.0620 e. The van der Waals surface area contributed by atoms with Crippen molar-refractivity contribution < 1.29 is 0 Å². The Balaban J connectivity index is 2.30. The van der Waals surface area contributed by atoms with Gasteiger partial charge in [-0.3, -0.25) is 0 Å². The normalized spacial score (nSPS) is 56.4. The summed E-state index contributed by atoms with van der Waals surface area (Å²) in [6, 6.07) is 0. The summed E-state index contributed by atoms with van der Waals surface area (Å²) in [6.45, 7) is 9.79. The van der Waals surface area contributed by atoms with Crippen LogP contribution in [-0.4, -0.2) is 0 Å². The average molecular weight is 138 g/mol. The van der Waals surface area contributed by atoms with Gasteiger partial charge in [-0.1, -0.05) is 27.7 Å². The Kier molecular flexibility index (Phi) is 0.964. The Morgan fingerprint density at radius 1 is 1.20 bits per heavy atom. The summed E-state index contributed by atoms with van der Waals surface area (Å²) >= 11 is 0. The molecule has 2 aliphatic carbocycles. The van der Waals surface area contributed by atoms with E-state index in [0.717, 1.165) is 17.3 Å². The molecular weight excluding hydrogens is 120 g/mol. The second kappa shape index (κ2) is 1.44. The van der Waals surface area contributed by atoms with E-state index in [1.807, 2.05) is 0 Å². The molecule has 0 heterocycles. The van der Waals surface area contributed by atoms with Crippen molar-refractivity contribution in [1.29, 1.82) is 0 Å². The molecule has 0 spiro atoms. The molecule has 0 saturated heterocycles. The molecule has 0 nitrogen and oxygen atoms in total. The minimum atomic E-state index is 0.623. The lowest BCUT2D eigenvalue weighted by Crippen LogP contribution is -2.25.